The first-order chi connectivity index (χ1) is 8.22. The van der Waals surface area contributed by atoms with Crippen LogP contribution in [0.15, 0.2) is 24.3 Å². The Labute approximate surface area is 103 Å². The molecule has 17 heavy (non-hydrogen) atoms. The highest BCUT2D eigenvalue weighted by Gasteiger charge is 2.26. The SMILES string of the molecule is COc1ccc(CC2(N)CNCCNC2)cc1. The predicted octanol–water partition coefficient (Wildman–Crippen LogP) is 0.128. The van der Waals surface area contributed by atoms with Crippen molar-refractivity contribution in [3.05, 3.63) is 29.8 Å². The van der Waals surface area contributed by atoms with Crippen molar-refractivity contribution in [1.82, 2.24) is 10.6 Å². The zero-order valence-electron chi connectivity index (χ0n) is 10.3. The van der Waals surface area contributed by atoms with Gasteiger partial charge in [0.1, 0.15) is 5.75 Å². The number of methoxy groups -OCH3 is 1. The quantitative estimate of drug-likeness (QED) is 0.697. The number of hydrogen-bond donors (Lipinski definition) is 3. The molecule has 1 aromatic rings. The molecule has 1 heterocycles. The van der Waals surface area contributed by atoms with Gasteiger partial charge in [-0.05, 0) is 24.1 Å². The highest BCUT2D eigenvalue weighted by atomic mass is 16.5. The van der Waals surface area contributed by atoms with Crippen molar-refractivity contribution in [2.24, 2.45) is 5.73 Å². The Morgan fingerprint density at radius 1 is 1.18 bits per heavy atom. The lowest BCUT2D eigenvalue weighted by molar-refractivity contribution is 0.403. The van der Waals surface area contributed by atoms with Crippen LogP contribution in [0.2, 0.25) is 0 Å². The van der Waals surface area contributed by atoms with E-state index >= 15 is 0 Å². The minimum atomic E-state index is -0.203. The van der Waals surface area contributed by atoms with Gasteiger partial charge in [-0.1, -0.05) is 12.1 Å². The van der Waals surface area contributed by atoms with Gasteiger partial charge >= 0.3 is 0 Å². The number of benzene rings is 1. The Bertz CT molecular complexity index is 342. The Kier molecular flexibility index (Phi) is 3.99. The van der Waals surface area contributed by atoms with Gasteiger partial charge in [-0.3, -0.25) is 0 Å². The lowest BCUT2D eigenvalue weighted by Gasteiger charge is -2.28. The first-order valence-corrected chi connectivity index (χ1v) is 6.05. The van der Waals surface area contributed by atoms with Gasteiger partial charge in [-0.25, -0.2) is 0 Å². The van der Waals surface area contributed by atoms with E-state index in [4.69, 9.17) is 10.5 Å². The third-order valence-corrected chi connectivity index (χ3v) is 3.15. The van der Waals surface area contributed by atoms with E-state index in [1.807, 2.05) is 12.1 Å². The minimum Gasteiger partial charge on any atom is -0.497 e. The van der Waals surface area contributed by atoms with E-state index < -0.39 is 0 Å². The van der Waals surface area contributed by atoms with E-state index in [0.717, 1.165) is 38.3 Å². The summed E-state index contributed by atoms with van der Waals surface area (Å²) in [6, 6.07) is 8.13. The summed E-state index contributed by atoms with van der Waals surface area (Å²) < 4.78 is 5.15. The molecule has 0 bridgehead atoms. The number of nitrogens with two attached hydrogens (primary N) is 1. The molecule has 0 aliphatic carbocycles. The number of hydrogen-bond acceptors (Lipinski definition) is 4. The van der Waals surface area contributed by atoms with E-state index in [1.54, 1.807) is 7.11 Å². The first-order valence-electron chi connectivity index (χ1n) is 6.05. The van der Waals surface area contributed by atoms with E-state index in [-0.39, 0.29) is 5.54 Å². The van der Waals surface area contributed by atoms with Crippen LogP contribution in [0.5, 0.6) is 5.75 Å². The standard InChI is InChI=1S/C13H21N3O/c1-17-12-4-2-11(3-5-12)8-13(14)9-15-6-7-16-10-13/h2-5,15-16H,6-10,14H2,1H3. The molecule has 1 aliphatic rings. The summed E-state index contributed by atoms with van der Waals surface area (Å²) in [6.07, 6.45) is 0.872. The van der Waals surface area contributed by atoms with Crippen LogP contribution in [0.1, 0.15) is 5.56 Å². The van der Waals surface area contributed by atoms with Gasteiger partial charge in [0.05, 0.1) is 7.11 Å². The predicted molar refractivity (Wildman–Crippen MR) is 69.4 cm³/mol. The summed E-state index contributed by atoms with van der Waals surface area (Å²) in [6.45, 7) is 3.68. The fourth-order valence-corrected chi connectivity index (χ4v) is 2.19. The first kappa shape index (κ1) is 12.4. The lowest BCUT2D eigenvalue weighted by atomic mass is 9.92. The zero-order chi connectivity index (χ0) is 12.1. The molecule has 1 aliphatic heterocycles. The van der Waals surface area contributed by atoms with Gasteiger partial charge in [0.15, 0.2) is 0 Å². The maximum Gasteiger partial charge on any atom is 0.118 e. The molecule has 1 fully saturated rings. The average molecular weight is 235 g/mol. The van der Waals surface area contributed by atoms with Crippen molar-refractivity contribution >= 4 is 0 Å². The second-order valence-corrected chi connectivity index (χ2v) is 4.74. The molecule has 4 N–H and O–H groups in total. The third kappa shape index (κ3) is 3.43. The summed E-state index contributed by atoms with van der Waals surface area (Å²) >= 11 is 0. The highest BCUT2D eigenvalue weighted by Crippen LogP contribution is 2.15. The van der Waals surface area contributed by atoms with Crippen molar-refractivity contribution in [3.8, 4) is 5.75 Å². The molecule has 0 spiro atoms. The van der Waals surface area contributed by atoms with Gasteiger partial charge in [-0.2, -0.15) is 0 Å². The van der Waals surface area contributed by atoms with Crippen LogP contribution in [0, 0.1) is 0 Å². The molecule has 0 radical (unpaired) electrons. The van der Waals surface area contributed by atoms with Crippen molar-refractivity contribution < 1.29 is 4.74 Å². The van der Waals surface area contributed by atoms with E-state index in [9.17, 15) is 0 Å². The molecule has 0 saturated carbocycles. The molecule has 0 aromatic heterocycles. The molecule has 0 unspecified atom stereocenters. The number of ether oxygens (including phenoxy) is 1. The molecule has 0 atom stereocenters. The van der Waals surface area contributed by atoms with Crippen LogP contribution in [0.25, 0.3) is 0 Å². The second kappa shape index (κ2) is 5.49. The number of rotatable bonds is 3. The number of nitrogens with one attached hydrogen (secondary N) is 2. The van der Waals surface area contributed by atoms with Gasteiger partial charge < -0.3 is 21.1 Å². The summed E-state index contributed by atoms with van der Waals surface area (Å²) in [4.78, 5) is 0. The van der Waals surface area contributed by atoms with Crippen LogP contribution in [0.3, 0.4) is 0 Å². The third-order valence-electron chi connectivity index (χ3n) is 3.15. The lowest BCUT2D eigenvalue weighted by Crippen LogP contribution is -2.54. The van der Waals surface area contributed by atoms with Gasteiger partial charge in [-0.15, -0.1) is 0 Å². The van der Waals surface area contributed by atoms with Crippen molar-refractivity contribution in [2.45, 2.75) is 12.0 Å². The Morgan fingerprint density at radius 2 is 1.76 bits per heavy atom. The van der Waals surface area contributed by atoms with Gasteiger partial charge in [0, 0.05) is 31.7 Å². The highest BCUT2D eigenvalue weighted by molar-refractivity contribution is 5.28. The fourth-order valence-electron chi connectivity index (χ4n) is 2.19. The van der Waals surface area contributed by atoms with Gasteiger partial charge in [0.2, 0.25) is 0 Å². The molecule has 4 nitrogen and oxygen atoms in total. The Hall–Kier alpha value is -1.10. The Morgan fingerprint density at radius 3 is 2.29 bits per heavy atom. The summed E-state index contributed by atoms with van der Waals surface area (Å²) in [5, 5.41) is 6.74. The van der Waals surface area contributed by atoms with Crippen molar-refractivity contribution in [2.75, 3.05) is 33.3 Å². The normalized spacial score (nSPS) is 19.6. The molecule has 4 heteroatoms. The molecular weight excluding hydrogens is 214 g/mol. The smallest absolute Gasteiger partial charge is 0.118 e. The monoisotopic (exact) mass is 235 g/mol. The van der Waals surface area contributed by atoms with E-state index in [0.29, 0.717) is 0 Å². The molecular formula is C13H21N3O. The van der Waals surface area contributed by atoms with Crippen LogP contribution in [-0.2, 0) is 6.42 Å². The van der Waals surface area contributed by atoms with Crippen LogP contribution in [-0.4, -0.2) is 38.8 Å². The maximum atomic E-state index is 6.41. The largest absolute Gasteiger partial charge is 0.497 e. The second-order valence-electron chi connectivity index (χ2n) is 4.74. The summed E-state index contributed by atoms with van der Waals surface area (Å²) in [5.41, 5.74) is 7.45. The minimum absolute atomic E-state index is 0.203. The average Bonchev–Trinajstić information content (AvgIpc) is 2.55. The molecule has 1 saturated heterocycles. The van der Waals surface area contributed by atoms with Crippen LogP contribution >= 0.6 is 0 Å². The fraction of sp³-hybridized carbons (Fsp3) is 0.538. The van der Waals surface area contributed by atoms with Crippen LogP contribution < -0.4 is 21.1 Å². The summed E-state index contributed by atoms with van der Waals surface area (Å²) in [5.74, 6) is 0.886. The maximum absolute atomic E-state index is 6.41. The Balaban J connectivity index is 2.02. The van der Waals surface area contributed by atoms with E-state index in [2.05, 4.69) is 22.8 Å². The molecule has 2 rings (SSSR count). The molecule has 0 amide bonds. The summed E-state index contributed by atoms with van der Waals surface area (Å²) in [7, 11) is 1.68. The van der Waals surface area contributed by atoms with Gasteiger partial charge in [0.25, 0.3) is 0 Å². The molecule has 1 aromatic carbocycles. The topological polar surface area (TPSA) is 59.3 Å². The zero-order valence-corrected chi connectivity index (χ0v) is 10.3. The van der Waals surface area contributed by atoms with Crippen molar-refractivity contribution in [1.29, 1.82) is 0 Å². The molecule has 94 valence electrons. The van der Waals surface area contributed by atoms with E-state index in [1.165, 1.54) is 5.56 Å². The van der Waals surface area contributed by atoms with Crippen LogP contribution in [0.4, 0.5) is 0 Å². The van der Waals surface area contributed by atoms with Crippen molar-refractivity contribution in [3.63, 3.8) is 0 Å².